The molecule has 0 radical (unpaired) electrons. The summed E-state index contributed by atoms with van der Waals surface area (Å²) in [4.78, 5) is 14.5. The van der Waals surface area contributed by atoms with E-state index in [0.29, 0.717) is 18.8 Å². The molecule has 1 amide bonds. The van der Waals surface area contributed by atoms with Gasteiger partial charge in [-0.3, -0.25) is 4.79 Å². The number of hydrogen-bond acceptors (Lipinski definition) is 5. The zero-order valence-electron chi connectivity index (χ0n) is 15.5. The van der Waals surface area contributed by atoms with Crippen LogP contribution in [0.15, 0.2) is 48.5 Å². The lowest BCUT2D eigenvalue weighted by Gasteiger charge is -2.29. The fraction of sp³-hybridized carbons (Fsp3) is 0.316. The molecule has 1 aliphatic heterocycles. The topological polar surface area (TPSA) is 92.5 Å². The molecule has 154 valence electrons. The number of aryl methyl sites for hydroxylation is 1. The van der Waals surface area contributed by atoms with Crippen molar-refractivity contribution in [3.05, 3.63) is 59.7 Å². The average Bonchev–Trinajstić information content (AvgIpc) is 2.62. The van der Waals surface area contributed by atoms with Crippen LogP contribution in [0.4, 0.5) is 11.4 Å². The van der Waals surface area contributed by atoms with Crippen LogP contribution >= 0.6 is 24.8 Å². The number of benzene rings is 2. The van der Waals surface area contributed by atoms with Gasteiger partial charge in [-0.2, -0.15) is 0 Å². The molecule has 0 aromatic heterocycles. The highest BCUT2D eigenvalue weighted by Gasteiger charge is 2.22. The first-order valence-electron chi connectivity index (χ1n) is 8.52. The van der Waals surface area contributed by atoms with E-state index in [4.69, 9.17) is 5.73 Å². The van der Waals surface area contributed by atoms with Crippen molar-refractivity contribution in [2.24, 2.45) is 5.73 Å². The second-order valence-corrected chi connectivity index (χ2v) is 8.87. The van der Waals surface area contributed by atoms with Crippen molar-refractivity contribution in [3.63, 3.8) is 0 Å². The van der Waals surface area contributed by atoms with Gasteiger partial charge in [0.1, 0.15) is 6.04 Å². The van der Waals surface area contributed by atoms with Crippen molar-refractivity contribution in [2.45, 2.75) is 13.0 Å². The van der Waals surface area contributed by atoms with Crippen LogP contribution in [0, 0.1) is 6.92 Å². The van der Waals surface area contributed by atoms with Crippen molar-refractivity contribution >= 4 is 51.9 Å². The lowest BCUT2D eigenvalue weighted by Crippen LogP contribution is -2.40. The van der Waals surface area contributed by atoms with Gasteiger partial charge in [0.25, 0.3) is 0 Å². The van der Waals surface area contributed by atoms with Gasteiger partial charge >= 0.3 is 0 Å². The highest BCUT2D eigenvalue weighted by Crippen LogP contribution is 2.22. The highest BCUT2D eigenvalue weighted by atomic mass is 35.5. The Kier molecular flexibility index (Phi) is 8.75. The Bertz CT molecular complexity index is 891. The Hall–Kier alpha value is -1.80. The number of carbonyl (C=O) groups is 1. The van der Waals surface area contributed by atoms with Crippen LogP contribution in [0.25, 0.3) is 0 Å². The fourth-order valence-electron chi connectivity index (χ4n) is 2.90. The molecule has 1 aliphatic rings. The van der Waals surface area contributed by atoms with Crippen LogP contribution in [0.2, 0.25) is 0 Å². The van der Waals surface area contributed by atoms with Gasteiger partial charge in [0.05, 0.1) is 11.5 Å². The zero-order chi connectivity index (χ0) is 18.7. The van der Waals surface area contributed by atoms with E-state index in [0.717, 1.165) is 16.8 Å². The molecule has 3 N–H and O–H groups in total. The van der Waals surface area contributed by atoms with Crippen LogP contribution < -0.4 is 16.0 Å². The molecule has 2 aromatic carbocycles. The minimum absolute atomic E-state index is 0. The van der Waals surface area contributed by atoms with Gasteiger partial charge in [-0.25, -0.2) is 8.42 Å². The van der Waals surface area contributed by atoms with Crippen LogP contribution in [0.5, 0.6) is 0 Å². The maximum absolute atomic E-state index is 12.4. The van der Waals surface area contributed by atoms with Crippen molar-refractivity contribution < 1.29 is 13.2 Å². The lowest BCUT2D eigenvalue weighted by molar-refractivity contribution is -0.117. The fourth-order valence-corrected chi connectivity index (χ4v) is 4.10. The van der Waals surface area contributed by atoms with E-state index >= 15 is 0 Å². The molecule has 0 saturated carbocycles. The average molecular weight is 446 g/mol. The number of carbonyl (C=O) groups excluding carboxylic acids is 1. The highest BCUT2D eigenvalue weighted by molar-refractivity contribution is 7.91. The van der Waals surface area contributed by atoms with E-state index in [1.807, 2.05) is 54.3 Å². The molecule has 2 aromatic rings. The molecule has 3 rings (SSSR count). The molecule has 28 heavy (non-hydrogen) atoms. The Labute approximate surface area is 178 Å². The van der Waals surface area contributed by atoms with E-state index in [2.05, 4.69) is 5.32 Å². The van der Waals surface area contributed by atoms with Crippen LogP contribution in [0.1, 0.15) is 17.2 Å². The minimum Gasteiger partial charge on any atom is -0.369 e. The van der Waals surface area contributed by atoms with Crippen LogP contribution in [-0.2, 0) is 14.6 Å². The van der Waals surface area contributed by atoms with E-state index in [9.17, 15) is 13.2 Å². The summed E-state index contributed by atoms with van der Waals surface area (Å²) < 4.78 is 23.1. The van der Waals surface area contributed by atoms with Crippen molar-refractivity contribution in [2.75, 3.05) is 34.8 Å². The van der Waals surface area contributed by atoms with Gasteiger partial charge in [-0.05, 0) is 30.7 Å². The van der Waals surface area contributed by atoms with Crippen molar-refractivity contribution in [1.29, 1.82) is 0 Å². The maximum Gasteiger partial charge on any atom is 0.245 e. The number of anilines is 2. The molecular formula is C19H25Cl2N3O3S. The number of halogens is 2. The summed E-state index contributed by atoms with van der Waals surface area (Å²) >= 11 is 0. The van der Waals surface area contributed by atoms with Gasteiger partial charge in [0, 0.05) is 24.5 Å². The van der Waals surface area contributed by atoms with E-state index in [1.165, 1.54) is 0 Å². The molecule has 1 saturated heterocycles. The Morgan fingerprint density at radius 1 is 1.07 bits per heavy atom. The molecule has 1 fully saturated rings. The molecule has 9 heteroatoms. The third kappa shape index (κ3) is 6.10. The first-order valence-corrected chi connectivity index (χ1v) is 10.3. The summed E-state index contributed by atoms with van der Waals surface area (Å²) in [6, 6.07) is 14.2. The summed E-state index contributed by atoms with van der Waals surface area (Å²) in [6.07, 6.45) is 0. The Balaban J connectivity index is 0.00000196. The third-order valence-corrected chi connectivity index (χ3v) is 6.15. The van der Waals surface area contributed by atoms with Crippen LogP contribution in [0.3, 0.4) is 0 Å². The monoisotopic (exact) mass is 445 g/mol. The molecule has 1 heterocycles. The van der Waals surface area contributed by atoms with Crippen molar-refractivity contribution in [1.82, 2.24) is 0 Å². The quantitative estimate of drug-likeness (QED) is 0.754. The second kappa shape index (κ2) is 10.1. The molecule has 0 aliphatic carbocycles. The normalized spacial score (nSPS) is 16.3. The predicted octanol–water partition coefficient (Wildman–Crippen LogP) is 2.71. The van der Waals surface area contributed by atoms with Gasteiger partial charge < -0.3 is 16.0 Å². The van der Waals surface area contributed by atoms with Gasteiger partial charge in [-0.15, -0.1) is 24.8 Å². The van der Waals surface area contributed by atoms with E-state index < -0.39 is 15.9 Å². The van der Waals surface area contributed by atoms with Gasteiger partial charge in [0.2, 0.25) is 5.91 Å². The van der Waals surface area contributed by atoms with Gasteiger partial charge in [0.15, 0.2) is 9.84 Å². The van der Waals surface area contributed by atoms with E-state index in [-0.39, 0.29) is 42.2 Å². The predicted molar refractivity (Wildman–Crippen MR) is 119 cm³/mol. The molecule has 1 unspecified atom stereocenters. The number of nitrogens with zero attached hydrogens (tertiary/aromatic N) is 1. The number of hydrogen-bond donors (Lipinski definition) is 2. The largest absolute Gasteiger partial charge is 0.369 e. The maximum atomic E-state index is 12.4. The number of nitrogens with two attached hydrogens (primary N) is 1. The lowest BCUT2D eigenvalue weighted by atomic mass is 10.1. The Morgan fingerprint density at radius 2 is 1.68 bits per heavy atom. The summed E-state index contributed by atoms with van der Waals surface area (Å²) in [6.45, 7) is 2.90. The summed E-state index contributed by atoms with van der Waals surface area (Å²) in [5.74, 6) is 0.0243. The summed E-state index contributed by atoms with van der Waals surface area (Å²) in [7, 11) is -2.93. The van der Waals surface area contributed by atoms with Crippen molar-refractivity contribution in [3.8, 4) is 0 Å². The number of sulfone groups is 1. The summed E-state index contributed by atoms with van der Waals surface area (Å²) in [5.41, 5.74) is 9.45. The van der Waals surface area contributed by atoms with E-state index in [1.54, 1.807) is 6.07 Å². The molecule has 6 nitrogen and oxygen atoms in total. The smallest absolute Gasteiger partial charge is 0.245 e. The number of nitrogens with one attached hydrogen (secondary N) is 1. The first-order chi connectivity index (χ1) is 12.3. The third-order valence-electron chi connectivity index (χ3n) is 4.54. The first kappa shape index (κ1) is 24.2. The molecule has 1 atom stereocenters. The number of amides is 1. The number of rotatable bonds is 4. The van der Waals surface area contributed by atoms with Gasteiger partial charge in [-0.1, -0.05) is 35.9 Å². The second-order valence-electron chi connectivity index (χ2n) is 6.57. The summed E-state index contributed by atoms with van der Waals surface area (Å²) in [5, 5.41) is 2.84. The molecular weight excluding hydrogens is 421 g/mol. The molecule has 0 bridgehead atoms. The SMILES string of the molecule is Cc1ccc(C(N)C(=O)Nc2cccc(N3CCS(=O)(=O)CC3)c2)cc1.Cl.Cl. The Morgan fingerprint density at radius 3 is 2.29 bits per heavy atom. The zero-order valence-corrected chi connectivity index (χ0v) is 17.9. The standard InChI is InChI=1S/C19H23N3O3S.2ClH/c1-14-5-7-15(8-6-14)18(20)19(23)21-16-3-2-4-17(13-16)22-9-11-26(24,25)12-10-22;;/h2-8,13,18H,9-12,20H2,1H3,(H,21,23);2*1H. The van der Waals surface area contributed by atoms with Crippen LogP contribution in [-0.4, -0.2) is 38.9 Å². The minimum atomic E-state index is -2.93. The molecule has 0 spiro atoms.